The summed E-state index contributed by atoms with van der Waals surface area (Å²) in [5, 5.41) is 2.65. The molecule has 0 aromatic rings. The van der Waals surface area contributed by atoms with E-state index in [0.717, 1.165) is 0 Å². The molecule has 1 saturated heterocycles. The fourth-order valence-corrected chi connectivity index (χ4v) is 2.84. The number of nitrogens with zero attached hydrogens (tertiary/aromatic N) is 1. The van der Waals surface area contributed by atoms with E-state index in [4.69, 9.17) is 0 Å². The van der Waals surface area contributed by atoms with Gasteiger partial charge in [-0.3, -0.25) is 9.59 Å². The van der Waals surface area contributed by atoms with Gasteiger partial charge in [0, 0.05) is 0 Å². The highest BCUT2D eigenvalue weighted by Gasteiger charge is 2.54. The van der Waals surface area contributed by atoms with Crippen molar-refractivity contribution in [3.8, 4) is 0 Å². The number of alkyl halides is 3. The molecule has 0 saturated carbocycles. The summed E-state index contributed by atoms with van der Waals surface area (Å²) in [6.45, 7) is 6.93. The van der Waals surface area contributed by atoms with E-state index >= 15 is 0 Å². The number of nitrogens with one attached hydrogen (secondary N) is 1. The minimum absolute atomic E-state index is 0.263. The lowest BCUT2D eigenvalue weighted by Gasteiger charge is -2.49. The number of rotatable bonds is 3. The molecule has 1 heterocycles. The Morgan fingerprint density at radius 3 is 1.95 bits per heavy atom. The predicted octanol–water partition coefficient (Wildman–Crippen LogP) is 2.48. The van der Waals surface area contributed by atoms with Gasteiger partial charge in [0.15, 0.2) is 0 Å². The predicted molar refractivity (Wildman–Crippen MR) is 72.5 cm³/mol. The largest absolute Gasteiger partial charge is 0.406 e. The van der Waals surface area contributed by atoms with Gasteiger partial charge >= 0.3 is 6.18 Å². The van der Waals surface area contributed by atoms with Gasteiger partial charge < -0.3 is 10.2 Å². The second-order valence-corrected chi connectivity index (χ2v) is 6.60. The van der Waals surface area contributed by atoms with Crippen molar-refractivity contribution in [1.29, 1.82) is 0 Å². The normalized spacial score (nSPS) is 23.2. The zero-order valence-electron chi connectivity index (χ0n) is 13.1. The summed E-state index contributed by atoms with van der Waals surface area (Å²) >= 11 is 0. The summed E-state index contributed by atoms with van der Waals surface area (Å²) < 4.78 is 38.5. The highest BCUT2D eigenvalue weighted by atomic mass is 19.4. The molecule has 0 bridgehead atoms. The minimum atomic E-state index is -4.54. The summed E-state index contributed by atoms with van der Waals surface area (Å²) in [4.78, 5) is 25.6. The highest BCUT2D eigenvalue weighted by molar-refractivity contribution is 6.00. The van der Waals surface area contributed by atoms with Crippen LogP contribution in [0.1, 0.15) is 47.5 Å². The first kappa shape index (κ1) is 17.8. The van der Waals surface area contributed by atoms with Crippen molar-refractivity contribution >= 4 is 11.8 Å². The van der Waals surface area contributed by atoms with Crippen LogP contribution in [0.3, 0.4) is 0 Å². The number of amides is 2. The zero-order valence-corrected chi connectivity index (χ0v) is 13.1. The molecule has 0 aromatic heterocycles. The molecule has 2 amide bonds. The van der Waals surface area contributed by atoms with Crippen LogP contribution in [0.25, 0.3) is 0 Å². The Morgan fingerprint density at radius 1 is 1.14 bits per heavy atom. The molecule has 1 fully saturated rings. The first-order valence-electron chi connectivity index (χ1n) is 7.08. The van der Waals surface area contributed by atoms with E-state index in [-0.39, 0.29) is 12.8 Å². The Balaban J connectivity index is 3.30. The van der Waals surface area contributed by atoms with Crippen LogP contribution in [0, 0.1) is 5.41 Å². The zero-order chi connectivity index (χ0) is 16.6. The third-order valence-corrected chi connectivity index (χ3v) is 3.97. The summed E-state index contributed by atoms with van der Waals surface area (Å²) in [7, 11) is 0. The third-order valence-electron chi connectivity index (χ3n) is 3.97. The number of piperazine rings is 1. The van der Waals surface area contributed by atoms with Gasteiger partial charge in [-0.25, -0.2) is 0 Å². The third kappa shape index (κ3) is 3.49. The van der Waals surface area contributed by atoms with E-state index < -0.39 is 41.5 Å². The maximum atomic E-state index is 12.8. The van der Waals surface area contributed by atoms with E-state index in [0.29, 0.717) is 4.90 Å². The fraction of sp³-hybridized carbons (Fsp3) is 0.857. The van der Waals surface area contributed by atoms with Crippen LogP contribution in [-0.4, -0.2) is 41.0 Å². The Labute approximate surface area is 123 Å². The molecular weight excluding hydrogens is 285 g/mol. The molecule has 1 atom stereocenters. The van der Waals surface area contributed by atoms with Crippen LogP contribution < -0.4 is 5.32 Å². The summed E-state index contributed by atoms with van der Waals surface area (Å²) in [6, 6.07) is -1.13. The fourth-order valence-electron chi connectivity index (χ4n) is 2.84. The number of halogens is 3. The molecule has 0 radical (unpaired) electrons. The van der Waals surface area contributed by atoms with Crippen molar-refractivity contribution in [2.24, 2.45) is 5.41 Å². The van der Waals surface area contributed by atoms with Crippen LogP contribution in [-0.2, 0) is 9.59 Å². The Hall–Kier alpha value is -1.27. The van der Waals surface area contributed by atoms with E-state index in [1.54, 1.807) is 34.6 Å². The van der Waals surface area contributed by atoms with Crippen LogP contribution in [0.4, 0.5) is 13.2 Å². The average molecular weight is 308 g/mol. The SMILES string of the molecule is CCC1(CC)NC(=O)C(C(C)(C)C)N(CC(F)(F)F)C1=O. The summed E-state index contributed by atoms with van der Waals surface area (Å²) in [5.41, 5.74) is -2.01. The van der Waals surface area contributed by atoms with Crippen molar-refractivity contribution in [1.82, 2.24) is 10.2 Å². The van der Waals surface area contributed by atoms with E-state index in [1.807, 2.05) is 0 Å². The van der Waals surface area contributed by atoms with Gasteiger partial charge in [0.2, 0.25) is 11.8 Å². The number of carbonyl (C=O) groups is 2. The number of hydrogen-bond donors (Lipinski definition) is 1. The number of hydrogen-bond acceptors (Lipinski definition) is 2. The summed E-state index contributed by atoms with van der Waals surface area (Å²) in [5.74, 6) is -1.17. The van der Waals surface area contributed by atoms with Gasteiger partial charge in [-0.1, -0.05) is 34.6 Å². The standard InChI is InChI=1S/C14H23F3N2O2/c1-6-13(7-2)11(21)19(8-14(15,16)17)9(10(20)18-13)12(3,4)5/h9H,6-8H2,1-5H3,(H,18,20). The molecule has 21 heavy (non-hydrogen) atoms. The molecule has 1 N–H and O–H groups in total. The molecular formula is C14H23F3N2O2. The van der Waals surface area contributed by atoms with Crippen molar-refractivity contribution in [3.63, 3.8) is 0 Å². The highest BCUT2D eigenvalue weighted by Crippen LogP contribution is 2.35. The second-order valence-electron chi connectivity index (χ2n) is 6.60. The summed E-state index contributed by atoms with van der Waals surface area (Å²) in [6.07, 6.45) is -4.01. The lowest BCUT2D eigenvalue weighted by molar-refractivity contribution is -0.183. The minimum Gasteiger partial charge on any atom is -0.340 e. The second kappa shape index (κ2) is 5.50. The molecule has 1 aliphatic heterocycles. The van der Waals surface area contributed by atoms with Gasteiger partial charge in [0.1, 0.15) is 18.1 Å². The number of carbonyl (C=O) groups excluding carboxylic acids is 2. The monoisotopic (exact) mass is 308 g/mol. The van der Waals surface area contributed by atoms with Crippen LogP contribution in [0.5, 0.6) is 0 Å². The quantitative estimate of drug-likeness (QED) is 0.871. The van der Waals surface area contributed by atoms with E-state index in [1.165, 1.54) is 0 Å². The van der Waals surface area contributed by atoms with Crippen LogP contribution in [0.2, 0.25) is 0 Å². The average Bonchev–Trinajstić information content (AvgIpc) is 2.30. The molecule has 0 aliphatic carbocycles. The van der Waals surface area contributed by atoms with Gasteiger partial charge in [0.25, 0.3) is 0 Å². The van der Waals surface area contributed by atoms with Gasteiger partial charge in [-0.15, -0.1) is 0 Å². The van der Waals surface area contributed by atoms with Crippen LogP contribution in [0.15, 0.2) is 0 Å². The van der Waals surface area contributed by atoms with Crippen molar-refractivity contribution in [2.45, 2.75) is 65.2 Å². The molecule has 1 unspecified atom stereocenters. The maximum absolute atomic E-state index is 12.8. The Bertz CT molecular complexity index is 423. The lowest BCUT2D eigenvalue weighted by atomic mass is 9.79. The van der Waals surface area contributed by atoms with E-state index in [9.17, 15) is 22.8 Å². The maximum Gasteiger partial charge on any atom is 0.406 e. The van der Waals surface area contributed by atoms with Crippen LogP contribution >= 0.6 is 0 Å². The Morgan fingerprint density at radius 2 is 1.62 bits per heavy atom. The van der Waals surface area contributed by atoms with Crippen molar-refractivity contribution < 1.29 is 22.8 Å². The molecule has 4 nitrogen and oxygen atoms in total. The molecule has 1 aliphatic rings. The topological polar surface area (TPSA) is 49.4 Å². The van der Waals surface area contributed by atoms with E-state index in [2.05, 4.69) is 5.32 Å². The van der Waals surface area contributed by atoms with Crippen molar-refractivity contribution in [3.05, 3.63) is 0 Å². The molecule has 7 heteroatoms. The van der Waals surface area contributed by atoms with Crippen molar-refractivity contribution in [2.75, 3.05) is 6.54 Å². The Kier molecular flexibility index (Phi) is 4.65. The molecule has 0 aromatic carbocycles. The molecule has 0 spiro atoms. The molecule has 122 valence electrons. The first-order chi connectivity index (χ1) is 9.38. The lowest BCUT2D eigenvalue weighted by Crippen LogP contribution is -2.73. The molecule has 1 rings (SSSR count). The smallest absolute Gasteiger partial charge is 0.340 e. The first-order valence-corrected chi connectivity index (χ1v) is 7.08. The van der Waals surface area contributed by atoms with Gasteiger partial charge in [0.05, 0.1) is 0 Å². The van der Waals surface area contributed by atoms with Gasteiger partial charge in [-0.05, 0) is 18.3 Å². The van der Waals surface area contributed by atoms with Gasteiger partial charge in [-0.2, -0.15) is 13.2 Å².